The topological polar surface area (TPSA) is 56.0 Å². The number of Topliss-reactive ketones (excluding diaryl/α,β-unsaturated/α-hetero) is 1. The number of hydrogen-bond donors (Lipinski definition) is 0. The van der Waals surface area contributed by atoms with Crippen LogP contribution in [-0.4, -0.2) is 42.9 Å². The lowest BCUT2D eigenvalue weighted by atomic mass is 9.93. The molecule has 0 spiro atoms. The average molecular weight is 315 g/mol. The van der Waals surface area contributed by atoms with E-state index >= 15 is 0 Å². The number of piperidine rings is 1. The highest BCUT2D eigenvalue weighted by Crippen LogP contribution is 2.21. The van der Waals surface area contributed by atoms with E-state index in [2.05, 4.69) is 26.4 Å². The molecule has 1 aliphatic rings. The molecule has 3 rings (SSSR count). The van der Waals surface area contributed by atoms with E-state index in [0.29, 0.717) is 5.82 Å². The predicted molar refractivity (Wildman–Crippen MR) is 88.1 cm³/mol. The first-order valence-electron chi connectivity index (χ1n) is 8.43. The van der Waals surface area contributed by atoms with Crippen molar-refractivity contribution in [2.45, 2.75) is 39.3 Å². The van der Waals surface area contributed by atoms with Crippen LogP contribution < -0.4 is 0 Å². The molecule has 3 heterocycles. The first-order chi connectivity index (χ1) is 11.2. The van der Waals surface area contributed by atoms with Crippen molar-refractivity contribution in [3.05, 3.63) is 36.4 Å². The van der Waals surface area contributed by atoms with Gasteiger partial charge in [0.15, 0.2) is 5.82 Å². The standard InChI is InChI=1S/C17H25N5O/c1-3-8-22-11-7-18-15(22)13-21-9-4-5-14(12-21)16(23)17-19-6-10-20(17)2/h6-7,10-11,14H,3-5,8-9,12-13H2,1-2H3. The monoisotopic (exact) mass is 315 g/mol. The summed E-state index contributed by atoms with van der Waals surface area (Å²) >= 11 is 0. The number of ketones is 1. The summed E-state index contributed by atoms with van der Waals surface area (Å²) in [7, 11) is 1.88. The van der Waals surface area contributed by atoms with E-state index in [1.807, 2.05) is 30.2 Å². The van der Waals surface area contributed by atoms with E-state index < -0.39 is 0 Å². The highest BCUT2D eigenvalue weighted by molar-refractivity contribution is 5.94. The molecule has 1 fully saturated rings. The smallest absolute Gasteiger partial charge is 0.202 e. The molecule has 6 heteroatoms. The number of aromatic nitrogens is 4. The van der Waals surface area contributed by atoms with E-state index in [0.717, 1.165) is 51.3 Å². The summed E-state index contributed by atoms with van der Waals surface area (Å²) in [6.07, 6.45) is 10.5. The second kappa shape index (κ2) is 7.08. The zero-order valence-corrected chi connectivity index (χ0v) is 14.0. The van der Waals surface area contributed by atoms with Crippen molar-refractivity contribution in [2.75, 3.05) is 13.1 Å². The molecule has 1 atom stereocenters. The maximum Gasteiger partial charge on any atom is 0.202 e. The number of carbonyl (C=O) groups is 1. The van der Waals surface area contributed by atoms with Crippen molar-refractivity contribution in [1.82, 2.24) is 24.0 Å². The third-order valence-corrected chi connectivity index (χ3v) is 4.55. The van der Waals surface area contributed by atoms with Crippen LogP contribution in [0.4, 0.5) is 0 Å². The Morgan fingerprint density at radius 1 is 1.30 bits per heavy atom. The van der Waals surface area contributed by atoms with Crippen LogP contribution in [0, 0.1) is 5.92 Å². The normalized spacial score (nSPS) is 19.1. The van der Waals surface area contributed by atoms with Crippen LogP contribution in [-0.2, 0) is 20.1 Å². The van der Waals surface area contributed by atoms with Gasteiger partial charge in [0.1, 0.15) is 5.82 Å². The van der Waals surface area contributed by atoms with Gasteiger partial charge in [0, 0.05) is 50.8 Å². The third kappa shape index (κ3) is 3.52. The number of hydrogen-bond acceptors (Lipinski definition) is 4. The molecule has 0 radical (unpaired) electrons. The van der Waals surface area contributed by atoms with Gasteiger partial charge in [-0.05, 0) is 25.8 Å². The van der Waals surface area contributed by atoms with Gasteiger partial charge < -0.3 is 9.13 Å². The fourth-order valence-electron chi connectivity index (χ4n) is 3.33. The molecule has 6 nitrogen and oxygen atoms in total. The Morgan fingerprint density at radius 2 is 2.13 bits per heavy atom. The largest absolute Gasteiger partial charge is 0.334 e. The molecule has 1 aliphatic heterocycles. The molecule has 2 aromatic heterocycles. The SMILES string of the molecule is CCCn1ccnc1CN1CCCC(C(=O)c2nccn2C)C1. The van der Waals surface area contributed by atoms with Crippen LogP contribution in [0.25, 0.3) is 0 Å². The lowest BCUT2D eigenvalue weighted by Crippen LogP contribution is -2.39. The molecule has 124 valence electrons. The van der Waals surface area contributed by atoms with Crippen molar-refractivity contribution in [3.63, 3.8) is 0 Å². The Balaban J connectivity index is 1.65. The molecule has 0 saturated carbocycles. The molecule has 1 unspecified atom stereocenters. The first kappa shape index (κ1) is 15.9. The van der Waals surface area contributed by atoms with Gasteiger partial charge in [-0.2, -0.15) is 0 Å². The summed E-state index contributed by atoms with van der Waals surface area (Å²) in [4.78, 5) is 23.7. The Kier molecular flexibility index (Phi) is 4.91. The van der Waals surface area contributed by atoms with E-state index in [4.69, 9.17) is 0 Å². The second-order valence-electron chi connectivity index (χ2n) is 6.34. The minimum atomic E-state index is 0.0411. The van der Waals surface area contributed by atoms with Gasteiger partial charge in [-0.25, -0.2) is 9.97 Å². The maximum absolute atomic E-state index is 12.7. The number of imidazole rings is 2. The third-order valence-electron chi connectivity index (χ3n) is 4.55. The number of aryl methyl sites for hydroxylation is 2. The molecule has 23 heavy (non-hydrogen) atoms. The van der Waals surface area contributed by atoms with Gasteiger partial charge in [0.25, 0.3) is 0 Å². The number of likely N-dealkylation sites (tertiary alicyclic amines) is 1. The minimum absolute atomic E-state index is 0.0411. The molecule has 1 saturated heterocycles. The Labute approximate surface area is 137 Å². The van der Waals surface area contributed by atoms with E-state index in [-0.39, 0.29) is 11.7 Å². The van der Waals surface area contributed by atoms with Crippen LogP contribution in [0.15, 0.2) is 24.8 Å². The summed E-state index contributed by atoms with van der Waals surface area (Å²) in [5.74, 6) is 1.87. The molecule has 0 N–H and O–H groups in total. The van der Waals surface area contributed by atoms with Crippen molar-refractivity contribution in [1.29, 1.82) is 0 Å². The van der Waals surface area contributed by atoms with Gasteiger partial charge in [-0.3, -0.25) is 9.69 Å². The van der Waals surface area contributed by atoms with Gasteiger partial charge in [0.2, 0.25) is 5.78 Å². The highest BCUT2D eigenvalue weighted by atomic mass is 16.1. The Bertz CT molecular complexity index is 659. The van der Waals surface area contributed by atoms with Crippen molar-refractivity contribution in [3.8, 4) is 0 Å². The summed E-state index contributed by atoms with van der Waals surface area (Å²) < 4.78 is 4.03. The zero-order chi connectivity index (χ0) is 16.2. The average Bonchev–Trinajstić information content (AvgIpc) is 3.17. The summed E-state index contributed by atoms with van der Waals surface area (Å²) in [6.45, 7) is 5.82. The Morgan fingerprint density at radius 3 is 2.87 bits per heavy atom. The fraction of sp³-hybridized carbons (Fsp3) is 0.588. The zero-order valence-electron chi connectivity index (χ0n) is 14.0. The van der Waals surface area contributed by atoms with Crippen LogP contribution in [0.3, 0.4) is 0 Å². The minimum Gasteiger partial charge on any atom is -0.334 e. The quantitative estimate of drug-likeness (QED) is 0.766. The fourth-order valence-corrected chi connectivity index (χ4v) is 3.33. The number of rotatable bonds is 6. The van der Waals surface area contributed by atoms with Crippen LogP contribution in [0.2, 0.25) is 0 Å². The number of nitrogens with zero attached hydrogens (tertiary/aromatic N) is 5. The Hall–Kier alpha value is -1.95. The molecular formula is C17H25N5O. The van der Waals surface area contributed by atoms with E-state index in [1.165, 1.54) is 0 Å². The van der Waals surface area contributed by atoms with Gasteiger partial charge >= 0.3 is 0 Å². The summed E-state index contributed by atoms with van der Waals surface area (Å²) in [6, 6.07) is 0. The molecule has 0 aliphatic carbocycles. The van der Waals surface area contributed by atoms with Crippen LogP contribution >= 0.6 is 0 Å². The van der Waals surface area contributed by atoms with Crippen LogP contribution in [0.1, 0.15) is 42.6 Å². The molecule has 0 amide bonds. The first-order valence-corrected chi connectivity index (χ1v) is 8.43. The maximum atomic E-state index is 12.7. The molecule has 0 bridgehead atoms. The molecule has 0 aromatic carbocycles. The lowest BCUT2D eigenvalue weighted by Gasteiger charge is -2.31. The van der Waals surface area contributed by atoms with Gasteiger partial charge in [-0.1, -0.05) is 6.92 Å². The van der Waals surface area contributed by atoms with Gasteiger partial charge in [0.05, 0.1) is 6.54 Å². The summed E-state index contributed by atoms with van der Waals surface area (Å²) in [5, 5.41) is 0. The predicted octanol–water partition coefficient (Wildman–Crippen LogP) is 2.12. The van der Waals surface area contributed by atoms with Crippen molar-refractivity contribution < 1.29 is 4.79 Å². The summed E-state index contributed by atoms with van der Waals surface area (Å²) in [5.41, 5.74) is 0. The highest BCUT2D eigenvalue weighted by Gasteiger charge is 2.29. The van der Waals surface area contributed by atoms with Crippen LogP contribution in [0.5, 0.6) is 0 Å². The molecule has 2 aromatic rings. The van der Waals surface area contributed by atoms with E-state index in [9.17, 15) is 4.79 Å². The van der Waals surface area contributed by atoms with E-state index in [1.54, 1.807) is 6.20 Å². The van der Waals surface area contributed by atoms with Gasteiger partial charge in [-0.15, -0.1) is 0 Å². The van der Waals surface area contributed by atoms with Crippen molar-refractivity contribution >= 4 is 5.78 Å². The second-order valence-corrected chi connectivity index (χ2v) is 6.34. The lowest BCUT2D eigenvalue weighted by molar-refractivity contribution is 0.0793. The molecular weight excluding hydrogens is 290 g/mol. The van der Waals surface area contributed by atoms with Crippen molar-refractivity contribution in [2.24, 2.45) is 13.0 Å². The number of carbonyl (C=O) groups excluding carboxylic acids is 1.